The van der Waals surface area contributed by atoms with E-state index >= 15 is 0 Å². The molecule has 6 N–H and O–H groups in total. The molecule has 0 atom stereocenters. The lowest BCUT2D eigenvalue weighted by atomic mass is 10.0. The fraction of sp³-hybridized carbons (Fsp3) is 0. The first-order chi connectivity index (χ1) is 33.7. The maximum atomic E-state index is 13.4. The summed E-state index contributed by atoms with van der Waals surface area (Å²) in [4.78, 5) is 84.9. The van der Waals surface area contributed by atoms with E-state index in [2.05, 4.69) is 41.7 Å². The Morgan fingerprint density at radius 2 is 0.829 bits per heavy atom. The van der Waals surface area contributed by atoms with Gasteiger partial charge in [0.15, 0.2) is 5.78 Å². The van der Waals surface area contributed by atoms with Crippen LogP contribution in [-0.4, -0.2) is 49.7 Å². The number of nitrogens with one attached hydrogen (secondary N) is 4. The van der Waals surface area contributed by atoms with Crippen LogP contribution in [0, 0.1) is 20.2 Å². The minimum Gasteiger partial charge on any atom is -0.506 e. The number of amides is 6. The molecule has 0 radical (unpaired) electrons. The first kappa shape index (κ1) is 46.0. The molecule has 8 aromatic rings. The zero-order chi connectivity index (χ0) is 49.5. The summed E-state index contributed by atoms with van der Waals surface area (Å²) in [7, 11) is 0. The predicted octanol–water partition coefficient (Wildman–Crippen LogP) is 11.2. The second-order valence-electron chi connectivity index (χ2n) is 15.0. The fourth-order valence-corrected chi connectivity index (χ4v) is 6.91. The Morgan fingerprint density at radius 1 is 0.443 bits per heavy atom. The van der Waals surface area contributed by atoms with Gasteiger partial charge in [-0.2, -0.15) is 10.2 Å². The highest BCUT2D eigenvalue weighted by molar-refractivity contribution is 6.12. The summed E-state index contributed by atoms with van der Waals surface area (Å²) in [6.07, 6.45) is 0. The number of urea groups is 2. The second kappa shape index (κ2) is 19.9. The maximum Gasteiger partial charge on any atom is 0.326 e. The summed E-state index contributed by atoms with van der Waals surface area (Å²) in [6, 6.07) is 35.8. The van der Waals surface area contributed by atoms with E-state index < -0.39 is 33.7 Å². The highest BCUT2D eigenvalue weighted by atomic mass is 16.6. The van der Waals surface area contributed by atoms with Crippen molar-refractivity contribution in [1.29, 1.82) is 0 Å². The van der Waals surface area contributed by atoms with Crippen LogP contribution in [0.3, 0.4) is 0 Å². The van der Waals surface area contributed by atoms with Crippen molar-refractivity contribution in [3.63, 3.8) is 0 Å². The van der Waals surface area contributed by atoms with Crippen LogP contribution in [-0.2, 0) is 0 Å². The molecule has 344 valence electrons. The molecule has 0 heterocycles. The van der Waals surface area contributed by atoms with Crippen molar-refractivity contribution in [3.05, 3.63) is 200 Å². The van der Waals surface area contributed by atoms with Crippen molar-refractivity contribution >= 4 is 96.7 Å². The number of imide groups is 2. The van der Waals surface area contributed by atoms with Crippen molar-refractivity contribution in [2.75, 3.05) is 10.6 Å². The largest absolute Gasteiger partial charge is 0.506 e. The molecular formula is C49H32N10O11. The molecule has 0 saturated heterocycles. The number of ketones is 1. The molecule has 0 saturated carbocycles. The lowest BCUT2D eigenvalue weighted by Crippen LogP contribution is -2.34. The van der Waals surface area contributed by atoms with E-state index in [0.29, 0.717) is 44.0 Å². The number of fused-ring (bicyclic) bond motifs is 2. The number of carbonyl (C=O) groups excluding carboxylic acids is 5. The molecule has 0 aliphatic carbocycles. The normalized spacial score (nSPS) is 11.1. The topological polar surface area (TPSA) is 310 Å². The van der Waals surface area contributed by atoms with E-state index in [4.69, 9.17) is 0 Å². The molecule has 8 rings (SSSR count). The van der Waals surface area contributed by atoms with Crippen LogP contribution >= 0.6 is 0 Å². The summed E-state index contributed by atoms with van der Waals surface area (Å²) in [5.41, 5.74) is 1.54. The standard InChI is InChI=1S/C49H32N10O11/c60-41-21-13-29-23-31(46(63)52-48(65)50-35-3-1-5-37(25-35)58(67)68)11-19-39(29)43(41)56-54-33-15-7-27(8-16-33)45(62)28-9-17-34(18-10-28)55-57-44-40-20-12-32(24-30(40)14-22-42(44)61)47(64)53-49(66)51-36-4-2-6-38(26-36)59(69)70/h1-26,60-61H,(H2,50,52,63,65)(H2,51,53,64,66). The van der Waals surface area contributed by atoms with Gasteiger partial charge in [-0.25, -0.2) is 9.59 Å². The van der Waals surface area contributed by atoms with Crippen LogP contribution < -0.4 is 21.3 Å². The third-order valence-electron chi connectivity index (χ3n) is 10.3. The Balaban J connectivity index is 0.884. The number of phenolic OH excluding ortho intramolecular Hbond substituents is 2. The highest BCUT2D eigenvalue weighted by Crippen LogP contribution is 2.38. The molecule has 8 aromatic carbocycles. The zero-order valence-corrected chi connectivity index (χ0v) is 35.8. The number of benzene rings is 8. The van der Waals surface area contributed by atoms with Crippen LogP contribution in [0.2, 0.25) is 0 Å². The smallest absolute Gasteiger partial charge is 0.326 e. The first-order valence-electron chi connectivity index (χ1n) is 20.5. The maximum absolute atomic E-state index is 13.4. The fourth-order valence-electron chi connectivity index (χ4n) is 6.91. The van der Waals surface area contributed by atoms with E-state index in [-0.39, 0.29) is 62.5 Å². The quantitative estimate of drug-likeness (QED) is 0.0289. The van der Waals surface area contributed by atoms with E-state index in [9.17, 15) is 54.4 Å². The number of azo groups is 2. The third kappa shape index (κ3) is 10.6. The molecule has 6 amide bonds. The number of hydrogen-bond donors (Lipinski definition) is 6. The molecule has 21 heteroatoms. The Kier molecular flexibility index (Phi) is 13.1. The summed E-state index contributed by atoms with van der Waals surface area (Å²) >= 11 is 0. The molecule has 0 aliphatic heterocycles. The minimum absolute atomic E-state index is 0.0990. The number of anilines is 2. The van der Waals surface area contributed by atoms with Crippen LogP contribution in [0.4, 0.5) is 55.1 Å². The van der Waals surface area contributed by atoms with Gasteiger partial charge in [0.25, 0.3) is 23.2 Å². The van der Waals surface area contributed by atoms with Gasteiger partial charge in [-0.15, -0.1) is 10.2 Å². The second-order valence-corrected chi connectivity index (χ2v) is 15.0. The van der Waals surface area contributed by atoms with Crippen LogP contribution in [0.15, 0.2) is 178 Å². The number of non-ortho nitro benzene ring substituents is 2. The summed E-state index contributed by atoms with van der Waals surface area (Å²) in [6.45, 7) is 0. The predicted molar refractivity (Wildman–Crippen MR) is 255 cm³/mol. The molecule has 0 spiro atoms. The van der Waals surface area contributed by atoms with E-state index in [0.717, 1.165) is 12.1 Å². The molecule has 21 nitrogen and oxygen atoms in total. The van der Waals surface area contributed by atoms with Crippen molar-refractivity contribution in [2.45, 2.75) is 0 Å². The number of nitrogens with zero attached hydrogens (tertiary/aromatic N) is 6. The van der Waals surface area contributed by atoms with Gasteiger partial charge in [0.1, 0.15) is 22.9 Å². The SMILES string of the molecule is O=C(NC(=O)c1ccc2c(N=Nc3ccc(C(=O)c4ccc(N=Nc5c(O)ccc6cc(C(=O)NC(=O)Nc7cccc([N+](=O)[O-])c7)ccc56)cc4)cc3)c(O)ccc2c1)Nc1cccc([N+](=O)[O-])c1. The Hall–Kier alpha value is -10.6. The van der Waals surface area contributed by atoms with Crippen LogP contribution in [0.1, 0.15) is 36.6 Å². The van der Waals surface area contributed by atoms with Crippen LogP contribution in [0.25, 0.3) is 21.5 Å². The molecular weight excluding hydrogens is 905 g/mol. The van der Waals surface area contributed by atoms with Gasteiger partial charge in [0, 0.05) is 68.7 Å². The zero-order valence-electron chi connectivity index (χ0n) is 35.8. The third-order valence-corrected chi connectivity index (χ3v) is 10.3. The van der Waals surface area contributed by atoms with Crippen molar-refractivity contribution in [1.82, 2.24) is 10.6 Å². The summed E-state index contributed by atoms with van der Waals surface area (Å²) < 4.78 is 0. The number of carbonyl (C=O) groups is 5. The number of rotatable bonds is 12. The molecule has 0 aliphatic rings. The number of nitro groups is 2. The van der Waals surface area contributed by atoms with Gasteiger partial charge >= 0.3 is 12.1 Å². The molecule has 0 bridgehead atoms. The van der Waals surface area contributed by atoms with E-state index in [1.165, 1.54) is 84.9 Å². The molecule has 0 aromatic heterocycles. The van der Waals surface area contributed by atoms with Gasteiger partial charge in [-0.1, -0.05) is 36.4 Å². The highest BCUT2D eigenvalue weighted by Gasteiger charge is 2.17. The van der Waals surface area contributed by atoms with Gasteiger partial charge in [-0.3, -0.25) is 45.2 Å². The number of hydrogen-bond acceptors (Lipinski definition) is 15. The average Bonchev–Trinajstić information content (AvgIpc) is 3.35. The van der Waals surface area contributed by atoms with Crippen molar-refractivity contribution in [2.24, 2.45) is 20.5 Å². The first-order valence-corrected chi connectivity index (χ1v) is 20.5. The van der Waals surface area contributed by atoms with Gasteiger partial charge in [-0.05, 0) is 108 Å². The number of aromatic hydroxyl groups is 2. The molecule has 0 fully saturated rings. The van der Waals surface area contributed by atoms with E-state index in [1.807, 2.05) is 0 Å². The Bertz CT molecular complexity index is 3300. The van der Waals surface area contributed by atoms with Crippen molar-refractivity contribution < 1.29 is 44.0 Å². The number of nitro benzene ring substituents is 2. The minimum atomic E-state index is -0.904. The summed E-state index contributed by atoms with van der Waals surface area (Å²) in [5, 5.41) is 71.3. The lowest BCUT2D eigenvalue weighted by Gasteiger charge is -2.09. The number of phenols is 2. The van der Waals surface area contributed by atoms with Gasteiger partial charge in [0.2, 0.25) is 0 Å². The average molecular weight is 937 g/mol. The Morgan fingerprint density at radius 3 is 1.21 bits per heavy atom. The van der Waals surface area contributed by atoms with Crippen molar-refractivity contribution in [3.8, 4) is 11.5 Å². The summed E-state index contributed by atoms with van der Waals surface area (Å²) in [5.74, 6) is -2.21. The molecule has 70 heavy (non-hydrogen) atoms. The van der Waals surface area contributed by atoms with Gasteiger partial charge in [0.05, 0.1) is 21.2 Å². The van der Waals surface area contributed by atoms with Crippen LogP contribution in [0.5, 0.6) is 11.5 Å². The Labute approximate surface area is 393 Å². The van der Waals surface area contributed by atoms with E-state index in [1.54, 1.807) is 60.7 Å². The monoisotopic (exact) mass is 936 g/mol. The molecule has 0 unspecified atom stereocenters. The van der Waals surface area contributed by atoms with Gasteiger partial charge < -0.3 is 20.8 Å². The lowest BCUT2D eigenvalue weighted by molar-refractivity contribution is -0.385.